The highest BCUT2D eigenvalue weighted by Gasteiger charge is 2.26. The van der Waals surface area contributed by atoms with Gasteiger partial charge in [0, 0.05) is 6.20 Å². The lowest BCUT2D eigenvalue weighted by atomic mass is 9.99. The molecule has 1 rings (SSSR count). The highest BCUT2D eigenvalue weighted by molar-refractivity contribution is 5.77. The topological polar surface area (TPSA) is 59.3 Å². The Balaban J connectivity index is 3.09. The van der Waals surface area contributed by atoms with Gasteiger partial charge in [-0.3, -0.25) is 4.79 Å². The molecule has 0 saturated carbocycles. The highest BCUT2D eigenvalue weighted by Crippen LogP contribution is 2.23. The van der Waals surface area contributed by atoms with Gasteiger partial charge in [0.05, 0.1) is 5.69 Å². The van der Waals surface area contributed by atoms with Crippen LogP contribution in [0.5, 0.6) is 0 Å². The summed E-state index contributed by atoms with van der Waals surface area (Å²) < 4.78 is 1.52. The number of carboxylic acids is 1. The number of rotatable bonds is 5. The van der Waals surface area contributed by atoms with Gasteiger partial charge in [-0.15, -0.1) is 0 Å². The van der Waals surface area contributed by atoms with Crippen molar-refractivity contribution in [1.29, 1.82) is 0 Å². The van der Waals surface area contributed by atoms with Crippen LogP contribution < -0.4 is 0 Å². The number of hydrogen-bond donors (Lipinski definition) is 1. The Bertz CT molecular complexity index is 356. The van der Waals surface area contributed by atoms with Crippen molar-refractivity contribution in [3.63, 3.8) is 0 Å². The van der Waals surface area contributed by atoms with Crippen molar-refractivity contribution in [1.82, 2.24) is 4.57 Å². The predicted molar refractivity (Wildman–Crippen MR) is 55.9 cm³/mol. The number of carboxylic acid groups (broad SMARTS) is 1. The minimum absolute atomic E-state index is 0.00593. The van der Waals surface area contributed by atoms with Gasteiger partial charge in [-0.25, -0.2) is 4.79 Å². The third-order valence-electron chi connectivity index (χ3n) is 2.67. The Kier molecular flexibility index (Phi) is 3.66. The van der Waals surface area contributed by atoms with Crippen LogP contribution in [0.1, 0.15) is 36.8 Å². The average molecular weight is 209 g/mol. The van der Waals surface area contributed by atoms with Crippen molar-refractivity contribution in [2.45, 2.75) is 26.3 Å². The summed E-state index contributed by atoms with van der Waals surface area (Å²) in [7, 11) is 0. The maximum absolute atomic E-state index is 11.1. The van der Waals surface area contributed by atoms with Crippen LogP contribution in [0.4, 0.5) is 0 Å². The van der Waals surface area contributed by atoms with E-state index in [9.17, 15) is 9.59 Å². The van der Waals surface area contributed by atoms with Crippen molar-refractivity contribution in [3.8, 4) is 0 Å². The maximum atomic E-state index is 11.1. The van der Waals surface area contributed by atoms with E-state index < -0.39 is 12.0 Å². The van der Waals surface area contributed by atoms with Crippen LogP contribution in [0.15, 0.2) is 18.3 Å². The van der Waals surface area contributed by atoms with Crippen LogP contribution in [0.3, 0.4) is 0 Å². The number of aldehydes is 1. The number of carbonyl (C=O) groups excluding carboxylic acids is 1. The molecular weight excluding hydrogens is 194 g/mol. The third-order valence-corrected chi connectivity index (χ3v) is 2.67. The van der Waals surface area contributed by atoms with E-state index >= 15 is 0 Å². The van der Waals surface area contributed by atoms with Crippen LogP contribution in [-0.4, -0.2) is 21.9 Å². The summed E-state index contributed by atoms with van der Waals surface area (Å²) in [6.07, 6.45) is 3.07. The van der Waals surface area contributed by atoms with E-state index in [0.29, 0.717) is 12.0 Å². The predicted octanol–water partition coefficient (Wildman–Crippen LogP) is 1.97. The Morgan fingerprint density at radius 1 is 1.67 bits per heavy atom. The number of hydrogen-bond acceptors (Lipinski definition) is 2. The van der Waals surface area contributed by atoms with Crippen molar-refractivity contribution < 1.29 is 14.7 Å². The van der Waals surface area contributed by atoms with Gasteiger partial charge >= 0.3 is 5.97 Å². The first kappa shape index (κ1) is 11.5. The lowest BCUT2D eigenvalue weighted by molar-refractivity contribution is -0.142. The summed E-state index contributed by atoms with van der Waals surface area (Å²) in [6, 6.07) is 2.64. The first-order valence-electron chi connectivity index (χ1n) is 4.96. The number of aromatic nitrogens is 1. The standard InChI is InChI=1S/C11H15NO3/c1-3-8(2)10(11(14)15)12-6-4-5-9(12)7-13/h4-8,10H,3H2,1-2H3,(H,14,15)/t8-,10-/m1/s1. The van der Waals surface area contributed by atoms with Crippen LogP contribution in [0.2, 0.25) is 0 Å². The van der Waals surface area contributed by atoms with Crippen LogP contribution >= 0.6 is 0 Å². The van der Waals surface area contributed by atoms with Crippen LogP contribution in [0, 0.1) is 5.92 Å². The number of aliphatic carboxylic acids is 1. The molecule has 1 N–H and O–H groups in total. The van der Waals surface area contributed by atoms with Crippen molar-refractivity contribution in [3.05, 3.63) is 24.0 Å². The molecule has 0 fully saturated rings. The minimum atomic E-state index is -0.899. The van der Waals surface area contributed by atoms with E-state index in [0.717, 1.165) is 6.42 Å². The van der Waals surface area contributed by atoms with Gasteiger partial charge in [-0.2, -0.15) is 0 Å². The summed E-state index contributed by atoms with van der Waals surface area (Å²) in [6.45, 7) is 3.80. The molecule has 1 aromatic rings. The number of carbonyl (C=O) groups is 2. The molecule has 82 valence electrons. The smallest absolute Gasteiger partial charge is 0.326 e. The molecule has 1 aromatic heterocycles. The second kappa shape index (κ2) is 4.77. The Labute approximate surface area is 88.5 Å². The quantitative estimate of drug-likeness (QED) is 0.754. The lowest BCUT2D eigenvalue weighted by Gasteiger charge is -2.21. The van der Waals surface area contributed by atoms with E-state index in [2.05, 4.69) is 0 Å². The fourth-order valence-electron chi connectivity index (χ4n) is 1.62. The Morgan fingerprint density at radius 3 is 2.80 bits per heavy atom. The molecule has 0 aromatic carbocycles. The molecule has 2 atom stereocenters. The van der Waals surface area contributed by atoms with Crippen molar-refractivity contribution in [2.24, 2.45) is 5.92 Å². The Morgan fingerprint density at radius 2 is 2.33 bits per heavy atom. The maximum Gasteiger partial charge on any atom is 0.326 e. The van der Waals surface area contributed by atoms with E-state index in [1.807, 2.05) is 13.8 Å². The van der Waals surface area contributed by atoms with Crippen LogP contribution in [-0.2, 0) is 4.79 Å². The Hall–Kier alpha value is -1.58. The highest BCUT2D eigenvalue weighted by atomic mass is 16.4. The van der Waals surface area contributed by atoms with Crippen molar-refractivity contribution in [2.75, 3.05) is 0 Å². The molecule has 0 unspecified atom stereocenters. The average Bonchev–Trinajstić information content (AvgIpc) is 2.65. The summed E-state index contributed by atoms with van der Waals surface area (Å²) in [5, 5.41) is 9.13. The van der Waals surface area contributed by atoms with Crippen LogP contribution in [0.25, 0.3) is 0 Å². The van der Waals surface area contributed by atoms with Gasteiger partial charge < -0.3 is 9.67 Å². The molecule has 0 aliphatic rings. The molecule has 0 amide bonds. The first-order valence-corrected chi connectivity index (χ1v) is 4.96. The zero-order valence-corrected chi connectivity index (χ0v) is 8.88. The molecule has 0 aliphatic heterocycles. The fraction of sp³-hybridized carbons (Fsp3) is 0.455. The SMILES string of the molecule is CC[C@@H](C)[C@H](C(=O)O)n1cccc1C=O. The molecule has 15 heavy (non-hydrogen) atoms. The lowest BCUT2D eigenvalue weighted by Crippen LogP contribution is -2.26. The fourth-order valence-corrected chi connectivity index (χ4v) is 1.62. The van der Waals surface area contributed by atoms with Gasteiger partial charge in [0.15, 0.2) is 6.29 Å². The van der Waals surface area contributed by atoms with Gasteiger partial charge in [-0.05, 0) is 18.1 Å². The summed E-state index contributed by atoms with van der Waals surface area (Å²) >= 11 is 0. The van der Waals surface area contributed by atoms with Gasteiger partial charge in [0.25, 0.3) is 0 Å². The zero-order valence-electron chi connectivity index (χ0n) is 8.88. The molecule has 0 aliphatic carbocycles. The van der Waals surface area contributed by atoms with Gasteiger partial charge in [0.2, 0.25) is 0 Å². The largest absolute Gasteiger partial charge is 0.480 e. The minimum Gasteiger partial charge on any atom is -0.480 e. The molecular formula is C11H15NO3. The van der Waals surface area contributed by atoms with E-state index in [4.69, 9.17) is 5.11 Å². The zero-order chi connectivity index (χ0) is 11.4. The molecule has 0 saturated heterocycles. The molecule has 4 nitrogen and oxygen atoms in total. The second-order valence-corrected chi connectivity index (χ2v) is 3.63. The molecule has 0 bridgehead atoms. The number of nitrogens with zero attached hydrogens (tertiary/aromatic N) is 1. The second-order valence-electron chi connectivity index (χ2n) is 3.63. The molecule has 4 heteroatoms. The van der Waals surface area contributed by atoms with E-state index in [1.54, 1.807) is 18.3 Å². The summed E-state index contributed by atoms with van der Waals surface area (Å²) in [5.74, 6) is -0.905. The molecule has 0 spiro atoms. The van der Waals surface area contributed by atoms with E-state index in [1.165, 1.54) is 4.57 Å². The molecule has 1 heterocycles. The van der Waals surface area contributed by atoms with Gasteiger partial charge in [0.1, 0.15) is 6.04 Å². The first-order chi connectivity index (χ1) is 7.11. The van der Waals surface area contributed by atoms with E-state index in [-0.39, 0.29) is 5.92 Å². The molecule has 0 radical (unpaired) electrons. The van der Waals surface area contributed by atoms with Crippen molar-refractivity contribution >= 4 is 12.3 Å². The summed E-state index contributed by atoms with van der Waals surface area (Å²) in [4.78, 5) is 21.8. The van der Waals surface area contributed by atoms with Gasteiger partial charge in [-0.1, -0.05) is 20.3 Å². The monoisotopic (exact) mass is 209 g/mol. The summed E-state index contributed by atoms with van der Waals surface area (Å²) in [5.41, 5.74) is 0.405. The third kappa shape index (κ3) is 2.26. The normalized spacial score (nSPS) is 14.5.